The number of amides is 1. The fourth-order valence-electron chi connectivity index (χ4n) is 1.65. The summed E-state index contributed by atoms with van der Waals surface area (Å²) < 4.78 is 10.4. The maximum atomic E-state index is 11.9. The number of halogens is 1. The number of nitrogens with one attached hydrogen (secondary N) is 1. The van der Waals surface area contributed by atoms with E-state index in [4.69, 9.17) is 21.1 Å². The number of rotatable bonds is 7. The molecule has 0 aliphatic carbocycles. The number of carbonyl (C=O) groups excluding carboxylic acids is 1. The zero-order chi connectivity index (χ0) is 14.3. The van der Waals surface area contributed by atoms with Crippen LogP contribution in [0.5, 0.6) is 0 Å². The van der Waals surface area contributed by atoms with Crippen LogP contribution in [-0.4, -0.2) is 38.9 Å². The molecule has 1 N–H and O–H groups in total. The second-order valence-electron chi connectivity index (χ2n) is 4.63. The van der Waals surface area contributed by atoms with Crippen molar-refractivity contribution < 1.29 is 14.3 Å². The lowest BCUT2D eigenvalue weighted by atomic mass is 10.1. The summed E-state index contributed by atoms with van der Waals surface area (Å²) in [4.78, 5) is 11.9. The Morgan fingerprint density at radius 2 is 2.05 bits per heavy atom. The van der Waals surface area contributed by atoms with Crippen molar-refractivity contribution >= 4 is 17.5 Å². The van der Waals surface area contributed by atoms with Crippen LogP contribution in [0.1, 0.15) is 12.5 Å². The number of benzene rings is 1. The molecule has 0 heterocycles. The van der Waals surface area contributed by atoms with E-state index in [2.05, 4.69) is 5.32 Å². The Hall–Kier alpha value is -1.10. The SMILES string of the molecule is COC[C@](C)(CNC(=O)Cc1ccccc1Cl)OC. The summed E-state index contributed by atoms with van der Waals surface area (Å²) in [6, 6.07) is 7.31. The molecule has 106 valence electrons. The van der Waals surface area contributed by atoms with Gasteiger partial charge in [-0.1, -0.05) is 29.8 Å². The lowest BCUT2D eigenvalue weighted by molar-refractivity contribution is -0.122. The van der Waals surface area contributed by atoms with Crippen molar-refractivity contribution in [2.75, 3.05) is 27.4 Å². The molecule has 0 saturated carbocycles. The van der Waals surface area contributed by atoms with Gasteiger partial charge in [-0.3, -0.25) is 4.79 Å². The van der Waals surface area contributed by atoms with Crippen molar-refractivity contribution in [3.8, 4) is 0 Å². The average Bonchev–Trinajstić information content (AvgIpc) is 2.40. The van der Waals surface area contributed by atoms with E-state index in [1.807, 2.05) is 25.1 Å². The topological polar surface area (TPSA) is 47.6 Å². The van der Waals surface area contributed by atoms with Crippen molar-refractivity contribution in [1.29, 1.82) is 0 Å². The summed E-state index contributed by atoms with van der Waals surface area (Å²) in [7, 11) is 3.20. The molecule has 0 saturated heterocycles. The Balaban J connectivity index is 2.50. The molecule has 1 aromatic rings. The molecule has 0 aliphatic rings. The molecule has 0 fully saturated rings. The summed E-state index contributed by atoms with van der Waals surface area (Å²) in [6.07, 6.45) is 0.256. The van der Waals surface area contributed by atoms with Crippen LogP contribution in [-0.2, 0) is 20.7 Å². The van der Waals surface area contributed by atoms with Gasteiger partial charge in [-0.2, -0.15) is 0 Å². The Morgan fingerprint density at radius 3 is 2.63 bits per heavy atom. The molecule has 0 bridgehead atoms. The average molecular weight is 286 g/mol. The Labute approximate surface area is 119 Å². The normalized spacial score (nSPS) is 13.9. The smallest absolute Gasteiger partial charge is 0.224 e. The molecule has 4 nitrogen and oxygen atoms in total. The van der Waals surface area contributed by atoms with Gasteiger partial charge in [0.15, 0.2) is 0 Å². The van der Waals surface area contributed by atoms with Gasteiger partial charge in [0, 0.05) is 25.8 Å². The second kappa shape index (κ2) is 7.48. The van der Waals surface area contributed by atoms with Gasteiger partial charge in [0.1, 0.15) is 5.60 Å². The number of carbonyl (C=O) groups is 1. The van der Waals surface area contributed by atoms with Crippen LogP contribution in [0.4, 0.5) is 0 Å². The maximum absolute atomic E-state index is 11.9. The highest BCUT2D eigenvalue weighted by atomic mass is 35.5. The molecule has 1 amide bonds. The van der Waals surface area contributed by atoms with Crippen LogP contribution in [0.25, 0.3) is 0 Å². The van der Waals surface area contributed by atoms with E-state index in [0.717, 1.165) is 5.56 Å². The lowest BCUT2D eigenvalue weighted by Crippen LogP contribution is -2.45. The van der Waals surface area contributed by atoms with Gasteiger partial charge < -0.3 is 14.8 Å². The van der Waals surface area contributed by atoms with Gasteiger partial charge in [-0.15, -0.1) is 0 Å². The molecule has 1 aromatic carbocycles. The van der Waals surface area contributed by atoms with Gasteiger partial charge in [0.25, 0.3) is 0 Å². The van der Waals surface area contributed by atoms with Crippen molar-refractivity contribution in [2.24, 2.45) is 0 Å². The zero-order valence-corrected chi connectivity index (χ0v) is 12.3. The zero-order valence-electron chi connectivity index (χ0n) is 11.5. The van der Waals surface area contributed by atoms with E-state index in [-0.39, 0.29) is 12.3 Å². The summed E-state index contributed by atoms with van der Waals surface area (Å²) in [5, 5.41) is 3.43. The van der Waals surface area contributed by atoms with Gasteiger partial charge >= 0.3 is 0 Å². The monoisotopic (exact) mass is 285 g/mol. The first-order chi connectivity index (χ1) is 9.00. The highest BCUT2D eigenvalue weighted by Crippen LogP contribution is 2.15. The molecule has 19 heavy (non-hydrogen) atoms. The fourth-order valence-corrected chi connectivity index (χ4v) is 1.85. The Bertz CT molecular complexity index is 425. The van der Waals surface area contributed by atoms with Gasteiger partial charge in [-0.25, -0.2) is 0 Å². The number of ether oxygens (including phenoxy) is 2. The first-order valence-electron chi connectivity index (χ1n) is 6.05. The number of methoxy groups -OCH3 is 2. The van der Waals surface area contributed by atoms with Gasteiger partial charge in [-0.05, 0) is 18.6 Å². The molecular formula is C14H20ClNO3. The van der Waals surface area contributed by atoms with Gasteiger partial charge in [0.05, 0.1) is 13.0 Å². The molecule has 0 aromatic heterocycles. The summed E-state index contributed by atoms with van der Waals surface area (Å²) in [5.41, 5.74) is 0.290. The number of hydrogen-bond acceptors (Lipinski definition) is 3. The molecule has 1 atom stereocenters. The predicted octanol–water partition coefficient (Wildman–Crippen LogP) is 2.05. The largest absolute Gasteiger partial charge is 0.382 e. The van der Waals surface area contributed by atoms with Crippen LogP contribution in [0.3, 0.4) is 0 Å². The van der Waals surface area contributed by atoms with Gasteiger partial charge in [0.2, 0.25) is 5.91 Å². The van der Waals surface area contributed by atoms with Crippen molar-refractivity contribution in [1.82, 2.24) is 5.32 Å². The quantitative estimate of drug-likeness (QED) is 0.834. The van der Waals surface area contributed by atoms with E-state index in [1.165, 1.54) is 0 Å². The van der Waals surface area contributed by atoms with E-state index >= 15 is 0 Å². The summed E-state index contributed by atoms with van der Waals surface area (Å²) in [5.74, 6) is -0.0903. The van der Waals surface area contributed by atoms with Crippen molar-refractivity contribution in [3.05, 3.63) is 34.9 Å². The Kier molecular flexibility index (Phi) is 6.28. The molecule has 1 rings (SSSR count). The van der Waals surface area contributed by atoms with E-state index in [9.17, 15) is 4.79 Å². The molecule has 0 spiro atoms. The number of hydrogen-bond donors (Lipinski definition) is 1. The lowest BCUT2D eigenvalue weighted by Gasteiger charge is -2.27. The molecular weight excluding hydrogens is 266 g/mol. The van der Waals surface area contributed by atoms with Crippen LogP contribution in [0, 0.1) is 0 Å². The van der Waals surface area contributed by atoms with Crippen LogP contribution < -0.4 is 5.32 Å². The molecule has 5 heteroatoms. The van der Waals surface area contributed by atoms with Crippen LogP contribution in [0.15, 0.2) is 24.3 Å². The van der Waals surface area contributed by atoms with Crippen LogP contribution >= 0.6 is 11.6 Å². The molecule has 0 unspecified atom stereocenters. The summed E-state index contributed by atoms with van der Waals surface area (Å²) >= 11 is 6.01. The van der Waals surface area contributed by atoms with Crippen molar-refractivity contribution in [3.63, 3.8) is 0 Å². The Morgan fingerprint density at radius 1 is 1.37 bits per heavy atom. The third-order valence-electron chi connectivity index (χ3n) is 2.91. The third kappa shape index (κ3) is 5.19. The fraction of sp³-hybridized carbons (Fsp3) is 0.500. The van der Waals surface area contributed by atoms with Crippen molar-refractivity contribution in [2.45, 2.75) is 18.9 Å². The van der Waals surface area contributed by atoms with E-state index < -0.39 is 5.60 Å². The summed E-state index contributed by atoms with van der Waals surface area (Å²) in [6.45, 7) is 2.68. The molecule has 0 aliphatic heterocycles. The highest BCUT2D eigenvalue weighted by molar-refractivity contribution is 6.31. The highest BCUT2D eigenvalue weighted by Gasteiger charge is 2.24. The standard InChI is InChI=1S/C14H20ClNO3/c1-14(19-3,10-18-2)9-16-13(17)8-11-6-4-5-7-12(11)15/h4-7H,8-10H2,1-3H3,(H,16,17)/t14-/m0/s1. The minimum atomic E-state index is -0.523. The maximum Gasteiger partial charge on any atom is 0.224 e. The minimum Gasteiger partial charge on any atom is -0.382 e. The first kappa shape index (κ1) is 16.0. The predicted molar refractivity (Wildman–Crippen MR) is 75.5 cm³/mol. The van der Waals surface area contributed by atoms with E-state index in [0.29, 0.717) is 18.2 Å². The van der Waals surface area contributed by atoms with E-state index in [1.54, 1.807) is 20.3 Å². The first-order valence-corrected chi connectivity index (χ1v) is 6.43. The van der Waals surface area contributed by atoms with Crippen LogP contribution in [0.2, 0.25) is 5.02 Å². The molecule has 0 radical (unpaired) electrons. The third-order valence-corrected chi connectivity index (χ3v) is 3.28. The minimum absolute atomic E-state index is 0.0903. The second-order valence-corrected chi connectivity index (χ2v) is 5.04.